The smallest absolute Gasteiger partial charge is 0.220 e. The maximum absolute atomic E-state index is 12.4. The van der Waals surface area contributed by atoms with Gasteiger partial charge in [0.2, 0.25) is 5.91 Å². The minimum Gasteiger partial charge on any atom is -0.493 e. The van der Waals surface area contributed by atoms with Crippen LogP contribution < -0.4 is 14.8 Å². The van der Waals surface area contributed by atoms with E-state index in [-0.39, 0.29) is 11.8 Å². The van der Waals surface area contributed by atoms with Crippen LogP contribution in [0.1, 0.15) is 48.8 Å². The SMILES string of the molecule is CCc1ccc(OCCCOc2ccc3c(c2)CC[C@H]3CC(=O)NCCOCCOCCN=[N+]=[N-])cc1. The first-order chi connectivity index (χ1) is 18.2. The van der Waals surface area contributed by atoms with Crippen LogP contribution in [0.4, 0.5) is 0 Å². The van der Waals surface area contributed by atoms with Gasteiger partial charge in [-0.15, -0.1) is 0 Å². The lowest BCUT2D eigenvalue weighted by Gasteiger charge is -2.13. The fraction of sp³-hybridized carbons (Fsp3) is 0.536. The summed E-state index contributed by atoms with van der Waals surface area (Å²) in [7, 11) is 0. The van der Waals surface area contributed by atoms with Crippen molar-refractivity contribution >= 4 is 5.91 Å². The molecular formula is C28H38N4O5. The van der Waals surface area contributed by atoms with Crippen LogP contribution in [0, 0.1) is 0 Å². The van der Waals surface area contributed by atoms with E-state index >= 15 is 0 Å². The highest BCUT2D eigenvalue weighted by Gasteiger charge is 2.25. The number of rotatable bonds is 18. The molecule has 1 aliphatic rings. The maximum Gasteiger partial charge on any atom is 0.220 e. The summed E-state index contributed by atoms with van der Waals surface area (Å²) in [6, 6.07) is 14.4. The predicted octanol–water partition coefficient (Wildman–Crippen LogP) is 4.98. The van der Waals surface area contributed by atoms with Crippen LogP contribution in [0.2, 0.25) is 0 Å². The zero-order valence-corrected chi connectivity index (χ0v) is 21.7. The minimum absolute atomic E-state index is 0.0386. The number of aryl methyl sites for hydroxylation is 2. The van der Waals surface area contributed by atoms with E-state index in [1.54, 1.807) is 0 Å². The van der Waals surface area contributed by atoms with Gasteiger partial charge in [0.25, 0.3) is 0 Å². The third-order valence-electron chi connectivity index (χ3n) is 6.25. The number of nitrogens with zero attached hydrogens (tertiary/aromatic N) is 3. The molecule has 3 rings (SSSR count). The van der Waals surface area contributed by atoms with E-state index in [0.29, 0.717) is 59.2 Å². The molecule has 9 nitrogen and oxygen atoms in total. The fourth-order valence-electron chi connectivity index (χ4n) is 4.27. The monoisotopic (exact) mass is 510 g/mol. The molecule has 0 radical (unpaired) electrons. The van der Waals surface area contributed by atoms with Crippen molar-refractivity contribution in [1.82, 2.24) is 5.32 Å². The van der Waals surface area contributed by atoms with E-state index in [2.05, 4.69) is 46.5 Å². The van der Waals surface area contributed by atoms with Crippen molar-refractivity contribution in [3.05, 3.63) is 69.6 Å². The summed E-state index contributed by atoms with van der Waals surface area (Å²) in [4.78, 5) is 15.0. The van der Waals surface area contributed by atoms with Gasteiger partial charge >= 0.3 is 0 Å². The number of amides is 1. The van der Waals surface area contributed by atoms with E-state index in [1.807, 2.05) is 18.2 Å². The molecule has 37 heavy (non-hydrogen) atoms. The predicted molar refractivity (Wildman–Crippen MR) is 142 cm³/mol. The molecule has 0 bridgehead atoms. The van der Waals surface area contributed by atoms with Crippen LogP contribution >= 0.6 is 0 Å². The molecule has 0 heterocycles. The number of hydrogen-bond donors (Lipinski definition) is 1. The Labute approximate surface area is 219 Å². The molecule has 2 aromatic rings. The minimum atomic E-state index is 0.0386. The number of nitrogens with one attached hydrogen (secondary N) is 1. The Hall–Kier alpha value is -3.26. The van der Waals surface area contributed by atoms with Gasteiger partial charge in [-0.1, -0.05) is 30.2 Å². The number of ether oxygens (including phenoxy) is 4. The van der Waals surface area contributed by atoms with Crippen LogP contribution in [0.15, 0.2) is 47.6 Å². The van der Waals surface area contributed by atoms with Gasteiger partial charge in [0.15, 0.2) is 0 Å². The summed E-state index contributed by atoms with van der Waals surface area (Å²) < 4.78 is 22.4. The lowest BCUT2D eigenvalue weighted by atomic mass is 9.97. The molecule has 0 aromatic heterocycles. The number of fused-ring (bicyclic) bond motifs is 1. The van der Waals surface area contributed by atoms with Crippen molar-refractivity contribution in [3.63, 3.8) is 0 Å². The first kappa shape index (κ1) is 28.3. The largest absolute Gasteiger partial charge is 0.493 e. The van der Waals surface area contributed by atoms with E-state index < -0.39 is 0 Å². The second kappa shape index (κ2) is 16.5. The fourth-order valence-corrected chi connectivity index (χ4v) is 4.27. The molecule has 1 aliphatic carbocycles. The first-order valence-corrected chi connectivity index (χ1v) is 13.1. The van der Waals surface area contributed by atoms with Crippen molar-refractivity contribution in [2.75, 3.05) is 52.7 Å². The molecule has 1 amide bonds. The van der Waals surface area contributed by atoms with E-state index in [0.717, 1.165) is 37.2 Å². The Morgan fingerprint density at radius 2 is 1.73 bits per heavy atom. The van der Waals surface area contributed by atoms with Crippen LogP contribution in [0.3, 0.4) is 0 Å². The standard InChI is InChI=1S/C28H38N4O5/c1-2-22-4-8-25(9-5-22)36-14-3-15-37-26-10-11-27-23(20-26)6-7-24(27)21-28(33)30-12-16-34-18-19-35-17-13-31-32-29/h4-5,8-11,20,24H,2-3,6-7,12-19,21H2,1H3,(H,30,33)/t24-/m0/s1. The highest BCUT2D eigenvalue weighted by molar-refractivity contribution is 5.77. The molecule has 0 fully saturated rings. The van der Waals surface area contributed by atoms with Crippen molar-refractivity contribution < 1.29 is 23.7 Å². The Balaban J connectivity index is 1.27. The summed E-state index contributed by atoms with van der Waals surface area (Å²) in [6.07, 6.45) is 4.25. The van der Waals surface area contributed by atoms with E-state index in [4.69, 9.17) is 24.5 Å². The van der Waals surface area contributed by atoms with E-state index in [1.165, 1.54) is 16.7 Å². The van der Waals surface area contributed by atoms with Gasteiger partial charge in [0.1, 0.15) is 11.5 Å². The third kappa shape index (κ3) is 10.3. The summed E-state index contributed by atoms with van der Waals surface area (Å²) in [5, 5.41) is 6.32. The summed E-state index contributed by atoms with van der Waals surface area (Å²) in [5.41, 5.74) is 12.0. The van der Waals surface area contributed by atoms with Gasteiger partial charge in [-0.2, -0.15) is 0 Å². The molecule has 0 aliphatic heterocycles. The number of benzene rings is 2. The molecule has 0 saturated heterocycles. The van der Waals surface area contributed by atoms with Gasteiger partial charge in [0.05, 0.1) is 39.6 Å². The van der Waals surface area contributed by atoms with Crippen molar-refractivity contribution in [3.8, 4) is 11.5 Å². The molecule has 2 aromatic carbocycles. The third-order valence-corrected chi connectivity index (χ3v) is 6.25. The van der Waals surface area contributed by atoms with Crippen LogP contribution in [0.5, 0.6) is 11.5 Å². The number of carbonyl (C=O) groups is 1. The van der Waals surface area contributed by atoms with E-state index in [9.17, 15) is 4.79 Å². The molecule has 0 unspecified atom stereocenters. The Morgan fingerprint density at radius 3 is 2.49 bits per heavy atom. The highest BCUT2D eigenvalue weighted by Crippen LogP contribution is 2.37. The summed E-state index contributed by atoms with van der Waals surface area (Å²) >= 11 is 0. The topological polar surface area (TPSA) is 115 Å². The lowest BCUT2D eigenvalue weighted by molar-refractivity contribution is -0.121. The van der Waals surface area contributed by atoms with Gasteiger partial charge in [-0.25, -0.2) is 0 Å². The number of hydrogen-bond acceptors (Lipinski definition) is 6. The lowest BCUT2D eigenvalue weighted by Crippen LogP contribution is -2.28. The van der Waals surface area contributed by atoms with Gasteiger partial charge in [-0.3, -0.25) is 4.79 Å². The number of carbonyl (C=O) groups excluding carboxylic acids is 1. The average Bonchev–Trinajstić information content (AvgIpc) is 3.31. The average molecular weight is 511 g/mol. The number of azide groups is 1. The molecule has 0 spiro atoms. The quantitative estimate of drug-likeness (QED) is 0.131. The normalized spacial score (nSPS) is 14.0. The van der Waals surface area contributed by atoms with Gasteiger partial charge in [0, 0.05) is 30.8 Å². The Morgan fingerprint density at radius 1 is 1.00 bits per heavy atom. The van der Waals surface area contributed by atoms with Gasteiger partial charge in [-0.05, 0) is 71.7 Å². The van der Waals surface area contributed by atoms with Crippen molar-refractivity contribution in [2.24, 2.45) is 5.11 Å². The van der Waals surface area contributed by atoms with Crippen LogP contribution in [0.25, 0.3) is 10.4 Å². The Bertz CT molecular complexity index is 1010. The van der Waals surface area contributed by atoms with Gasteiger partial charge < -0.3 is 24.3 Å². The second-order valence-corrected chi connectivity index (χ2v) is 8.88. The molecule has 1 atom stereocenters. The molecular weight excluding hydrogens is 472 g/mol. The molecule has 0 saturated carbocycles. The molecule has 9 heteroatoms. The summed E-state index contributed by atoms with van der Waals surface area (Å²) in [5.74, 6) is 2.04. The zero-order chi connectivity index (χ0) is 26.1. The summed E-state index contributed by atoms with van der Waals surface area (Å²) in [6.45, 7) is 5.82. The maximum atomic E-state index is 12.4. The van der Waals surface area contributed by atoms with Crippen molar-refractivity contribution in [1.29, 1.82) is 0 Å². The molecule has 1 N–H and O–H groups in total. The zero-order valence-electron chi connectivity index (χ0n) is 21.7. The van der Waals surface area contributed by atoms with Crippen LogP contribution in [-0.2, 0) is 27.1 Å². The Kier molecular flexibility index (Phi) is 12.6. The van der Waals surface area contributed by atoms with Crippen LogP contribution in [-0.4, -0.2) is 58.6 Å². The molecule has 200 valence electrons. The highest BCUT2D eigenvalue weighted by atomic mass is 16.5. The first-order valence-electron chi connectivity index (χ1n) is 13.1. The van der Waals surface area contributed by atoms with Crippen molar-refractivity contribution in [2.45, 2.75) is 44.9 Å². The second-order valence-electron chi connectivity index (χ2n) is 8.88.